The summed E-state index contributed by atoms with van der Waals surface area (Å²) in [5, 5.41) is 12.4. The summed E-state index contributed by atoms with van der Waals surface area (Å²) in [4.78, 5) is 8.51. The molecule has 0 spiro atoms. The molecule has 0 unspecified atom stereocenters. The molecule has 5 nitrogen and oxygen atoms in total. The molecule has 5 aromatic rings. The van der Waals surface area contributed by atoms with Crippen molar-refractivity contribution in [2.24, 2.45) is 0 Å². The normalized spacial score (nSPS) is 11.0. The van der Waals surface area contributed by atoms with E-state index in [9.17, 15) is 0 Å². The number of rotatable bonds is 5. The largest absolute Gasteiger partial charge is 0.354 e. The summed E-state index contributed by atoms with van der Waals surface area (Å²) in [6, 6.07) is 20.7. The number of hydrogen-bond acceptors (Lipinski definition) is 4. The molecule has 0 aliphatic heterocycles. The Kier molecular flexibility index (Phi) is 5.40. The number of nitrogens with one attached hydrogen (secondary N) is 2. The third-order valence-electron chi connectivity index (χ3n) is 5.70. The van der Waals surface area contributed by atoms with Crippen molar-refractivity contribution in [1.29, 1.82) is 0 Å². The lowest BCUT2D eigenvalue weighted by Crippen LogP contribution is -2.01. The van der Waals surface area contributed by atoms with E-state index in [2.05, 4.69) is 88.4 Å². The molecule has 2 aromatic heterocycles. The number of aryl methyl sites for hydroxylation is 1. The van der Waals surface area contributed by atoms with Crippen LogP contribution < -0.4 is 5.32 Å². The number of anilines is 1. The fraction of sp³-hybridized carbons (Fsp3) is 0.0741. The SMILES string of the molecule is C=C(Nc1cccc(-c2cccc(C)c2)c1C)c1n[nH]c2ccc(-c3cncc(Cl)n3)cc12. The summed E-state index contributed by atoms with van der Waals surface area (Å²) >= 11 is 6.03. The van der Waals surface area contributed by atoms with Crippen LogP contribution in [0.4, 0.5) is 5.69 Å². The summed E-state index contributed by atoms with van der Waals surface area (Å²) in [6.45, 7) is 8.50. The van der Waals surface area contributed by atoms with Gasteiger partial charge in [-0.3, -0.25) is 10.1 Å². The molecule has 3 aromatic carbocycles. The van der Waals surface area contributed by atoms with Crippen LogP contribution in [0.5, 0.6) is 0 Å². The van der Waals surface area contributed by atoms with Crippen molar-refractivity contribution in [2.75, 3.05) is 5.32 Å². The molecular weight excluding hydrogens is 430 g/mol. The van der Waals surface area contributed by atoms with E-state index in [1.165, 1.54) is 22.9 Å². The third kappa shape index (κ3) is 4.11. The number of fused-ring (bicyclic) bond motifs is 1. The van der Waals surface area contributed by atoms with Gasteiger partial charge in [0.05, 0.1) is 29.3 Å². The molecule has 5 rings (SSSR count). The molecule has 0 saturated heterocycles. The Bertz CT molecular complexity index is 1500. The molecule has 2 N–H and O–H groups in total. The van der Waals surface area contributed by atoms with Gasteiger partial charge in [0, 0.05) is 16.6 Å². The highest BCUT2D eigenvalue weighted by Crippen LogP contribution is 2.32. The van der Waals surface area contributed by atoms with Crippen LogP contribution in [0.2, 0.25) is 5.15 Å². The highest BCUT2D eigenvalue weighted by atomic mass is 35.5. The summed E-state index contributed by atoms with van der Waals surface area (Å²) in [5.41, 5.74) is 9.75. The Hall–Kier alpha value is -3.96. The average molecular weight is 452 g/mol. The standard InChI is InChI=1S/C27H22ClN5/c1-16-6-4-7-19(12-16)21-8-5-9-23(17(21)2)30-18(3)27-22-13-20(10-11-24(22)32-33-27)25-14-29-15-26(28)31-25/h4-15,30H,3H2,1-2H3,(H,32,33). The van der Waals surface area contributed by atoms with Gasteiger partial charge in [0.25, 0.3) is 0 Å². The van der Waals surface area contributed by atoms with Gasteiger partial charge in [-0.05, 0) is 48.7 Å². The number of hydrogen-bond donors (Lipinski definition) is 2. The van der Waals surface area contributed by atoms with E-state index < -0.39 is 0 Å². The lowest BCUT2D eigenvalue weighted by atomic mass is 9.97. The smallest absolute Gasteiger partial charge is 0.148 e. The quantitative estimate of drug-likeness (QED) is 0.300. The Morgan fingerprint density at radius 1 is 0.970 bits per heavy atom. The van der Waals surface area contributed by atoms with Crippen molar-refractivity contribution in [3.05, 3.63) is 102 Å². The van der Waals surface area contributed by atoms with Crippen molar-refractivity contribution < 1.29 is 0 Å². The monoisotopic (exact) mass is 451 g/mol. The highest BCUT2D eigenvalue weighted by molar-refractivity contribution is 6.29. The van der Waals surface area contributed by atoms with E-state index in [0.717, 1.165) is 33.4 Å². The maximum Gasteiger partial charge on any atom is 0.148 e. The predicted molar refractivity (Wildman–Crippen MR) is 136 cm³/mol. The minimum atomic E-state index is 0.357. The molecule has 33 heavy (non-hydrogen) atoms. The zero-order chi connectivity index (χ0) is 22.9. The minimum Gasteiger partial charge on any atom is -0.354 e. The van der Waals surface area contributed by atoms with Crippen LogP contribution in [-0.4, -0.2) is 20.2 Å². The number of aromatic nitrogens is 4. The lowest BCUT2D eigenvalue weighted by Gasteiger charge is -2.15. The maximum absolute atomic E-state index is 6.03. The van der Waals surface area contributed by atoms with Gasteiger partial charge >= 0.3 is 0 Å². The van der Waals surface area contributed by atoms with Crippen molar-refractivity contribution in [3.8, 4) is 22.4 Å². The van der Waals surface area contributed by atoms with Crippen LogP contribution in [0, 0.1) is 13.8 Å². The first-order valence-corrected chi connectivity index (χ1v) is 11.0. The minimum absolute atomic E-state index is 0.357. The number of H-pyrrole nitrogens is 1. The average Bonchev–Trinajstić information content (AvgIpc) is 3.24. The van der Waals surface area contributed by atoms with Crippen molar-refractivity contribution in [2.45, 2.75) is 13.8 Å². The van der Waals surface area contributed by atoms with E-state index in [0.29, 0.717) is 16.5 Å². The zero-order valence-corrected chi connectivity index (χ0v) is 19.1. The van der Waals surface area contributed by atoms with Crippen LogP contribution in [-0.2, 0) is 0 Å². The predicted octanol–water partition coefficient (Wildman–Crippen LogP) is 7.04. The lowest BCUT2D eigenvalue weighted by molar-refractivity contribution is 1.10. The Morgan fingerprint density at radius 2 is 1.82 bits per heavy atom. The second-order valence-electron chi connectivity index (χ2n) is 8.01. The first-order chi connectivity index (χ1) is 16.0. The molecule has 0 aliphatic rings. The summed E-state index contributed by atoms with van der Waals surface area (Å²) in [6.07, 6.45) is 3.21. The van der Waals surface area contributed by atoms with Crippen LogP contribution in [0.1, 0.15) is 16.8 Å². The van der Waals surface area contributed by atoms with Crippen LogP contribution in [0.15, 0.2) is 79.6 Å². The molecule has 0 atom stereocenters. The van der Waals surface area contributed by atoms with Crippen LogP contribution >= 0.6 is 11.6 Å². The van der Waals surface area contributed by atoms with Gasteiger partial charge < -0.3 is 5.32 Å². The van der Waals surface area contributed by atoms with Crippen LogP contribution in [0.3, 0.4) is 0 Å². The first-order valence-electron chi connectivity index (χ1n) is 10.6. The van der Waals surface area contributed by atoms with E-state index in [-0.39, 0.29) is 0 Å². The van der Waals surface area contributed by atoms with E-state index in [1.807, 2.05) is 18.2 Å². The van der Waals surface area contributed by atoms with Gasteiger partial charge in [0.15, 0.2) is 0 Å². The first kappa shape index (κ1) is 20.9. The number of benzene rings is 3. The third-order valence-corrected chi connectivity index (χ3v) is 5.88. The summed E-state index contributed by atoms with van der Waals surface area (Å²) < 4.78 is 0. The molecule has 0 saturated carbocycles. The molecular formula is C27H22ClN5. The Labute approximate surface area is 197 Å². The van der Waals surface area contributed by atoms with E-state index in [1.54, 1.807) is 6.20 Å². The molecule has 6 heteroatoms. The second kappa shape index (κ2) is 8.52. The molecule has 162 valence electrons. The van der Waals surface area contributed by atoms with Gasteiger partial charge in [-0.15, -0.1) is 0 Å². The fourth-order valence-electron chi connectivity index (χ4n) is 4.00. The van der Waals surface area contributed by atoms with Crippen LogP contribution in [0.25, 0.3) is 39.0 Å². The van der Waals surface area contributed by atoms with Crippen molar-refractivity contribution in [1.82, 2.24) is 20.2 Å². The molecule has 0 fully saturated rings. The van der Waals surface area contributed by atoms with E-state index >= 15 is 0 Å². The summed E-state index contributed by atoms with van der Waals surface area (Å²) in [5.74, 6) is 0. The number of nitrogens with zero attached hydrogens (tertiary/aromatic N) is 3. The van der Waals surface area contributed by atoms with Gasteiger partial charge in [0.2, 0.25) is 0 Å². The highest BCUT2D eigenvalue weighted by Gasteiger charge is 2.14. The molecule has 0 radical (unpaired) electrons. The second-order valence-corrected chi connectivity index (χ2v) is 8.40. The summed E-state index contributed by atoms with van der Waals surface area (Å²) in [7, 11) is 0. The zero-order valence-electron chi connectivity index (χ0n) is 18.4. The molecule has 0 aliphatic carbocycles. The van der Waals surface area contributed by atoms with Gasteiger partial charge in [-0.25, -0.2) is 4.98 Å². The Morgan fingerprint density at radius 3 is 2.64 bits per heavy atom. The number of halogens is 1. The maximum atomic E-state index is 6.03. The van der Waals surface area contributed by atoms with Gasteiger partial charge in [0.1, 0.15) is 10.8 Å². The number of aromatic amines is 1. The van der Waals surface area contributed by atoms with Crippen molar-refractivity contribution in [3.63, 3.8) is 0 Å². The van der Waals surface area contributed by atoms with Gasteiger partial charge in [-0.2, -0.15) is 5.10 Å². The topological polar surface area (TPSA) is 66.5 Å². The fourth-order valence-corrected chi connectivity index (χ4v) is 4.15. The van der Waals surface area contributed by atoms with Gasteiger partial charge in [-0.1, -0.05) is 66.2 Å². The Balaban J connectivity index is 1.49. The molecule has 0 amide bonds. The van der Waals surface area contributed by atoms with Crippen molar-refractivity contribution >= 4 is 33.9 Å². The van der Waals surface area contributed by atoms with E-state index in [4.69, 9.17) is 11.6 Å². The molecule has 0 bridgehead atoms. The molecule has 2 heterocycles.